The van der Waals surface area contributed by atoms with Gasteiger partial charge in [0.1, 0.15) is 5.58 Å². The van der Waals surface area contributed by atoms with Gasteiger partial charge in [0.05, 0.1) is 30.9 Å². The molecule has 5 rings (SSSR count). The maximum atomic E-state index is 13.4. The van der Waals surface area contributed by atoms with Crippen molar-refractivity contribution in [3.05, 3.63) is 76.3 Å². The Balaban J connectivity index is 2.06. The number of carbonyl (C=O) groups is 3. The largest absolute Gasteiger partial charge is 0.492 e. The molecule has 3 aromatic carbocycles. The lowest BCUT2D eigenvalue weighted by Crippen LogP contribution is -2.25. The van der Waals surface area contributed by atoms with Gasteiger partial charge in [-0.05, 0) is 6.07 Å². The van der Waals surface area contributed by atoms with E-state index in [4.69, 9.17) is 13.9 Å². The monoisotopic (exact) mass is 386 g/mol. The molecule has 1 heterocycles. The van der Waals surface area contributed by atoms with Gasteiger partial charge in [-0.15, -0.1) is 0 Å². The molecule has 6 heteroatoms. The third-order valence-electron chi connectivity index (χ3n) is 5.24. The molecule has 0 fully saturated rings. The average Bonchev–Trinajstić information content (AvgIpc) is 3.14. The number of esters is 1. The first kappa shape index (κ1) is 17.2. The molecule has 4 aromatic rings. The summed E-state index contributed by atoms with van der Waals surface area (Å²) in [6.45, 7) is 0. The topological polar surface area (TPSA) is 82.8 Å². The Bertz CT molecular complexity index is 1380. The molecule has 0 saturated heterocycles. The first-order chi connectivity index (χ1) is 14.1. The molecule has 6 nitrogen and oxygen atoms in total. The van der Waals surface area contributed by atoms with Crippen molar-refractivity contribution in [2.45, 2.75) is 0 Å². The van der Waals surface area contributed by atoms with E-state index in [0.717, 1.165) is 0 Å². The highest BCUT2D eigenvalue weighted by Crippen LogP contribution is 2.45. The van der Waals surface area contributed by atoms with Crippen molar-refractivity contribution in [3.63, 3.8) is 0 Å². The lowest BCUT2D eigenvalue weighted by molar-refractivity contribution is 0.0599. The van der Waals surface area contributed by atoms with Crippen LogP contribution in [0.1, 0.15) is 42.2 Å². The van der Waals surface area contributed by atoms with Crippen molar-refractivity contribution in [3.8, 4) is 5.75 Å². The highest BCUT2D eigenvalue weighted by atomic mass is 16.5. The fourth-order valence-corrected chi connectivity index (χ4v) is 4.02. The lowest BCUT2D eigenvalue weighted by atomic mass is 9.80. The summed E-state index contributed by atoms with van der Waals surface area (Å²) in [5.41, 5.74) is 1.24. The Hall–Kier alpha value is -3.93. The fourth-order valence-electron chi connectivity index (χ4n) is 4.02. The van der Waals surface area contributed by atoms with Crippen LogP contribution in [0.25, 0.3) is 21.9 Å². The molecule has 0 amide bonds. The summed E-state index contributed by atoms with van der Waals surface area (Å²) in [6, 6.07) is 13.6. The van der Waals surface area contributed by atoms with E-state index < -0.39 is 17.5 Å². The number of furan rings is 1. The highest BCUT2D eigenvalue weighted by Gasteiger charge is 2.39. The number of hydrogen-bond donors (Lipinski definition) is 0. The molecule has 0 bridgehead atoms. The molecular formula is C23H14O6. The number of methoxy groups -OCH3 is 2. The number of ketones is 2. The van der Waals surface area contributed by atoms with Crippen molar-refractivity contribution in [2.24, 2.45) is 0 Å². The van der Waals surface area contributed by atoms with Gasteiger partial charge in [0, 0.05) is 21.9 Å². The zero-order chi connectivity index (χ0) is 20.3. The minimum absolute atomic E-state index is 0.0103. The van der Waals surface area contributed by atoms with Crippen LogP contribution in [-0.2, 0) is 4.74 Å². The van der Waals surface area contributed by atoms with E-state index in [2.05, 4.69) is 0 Å². The number of rotatable bonds is 2. The second-order valence-electron chi connectivity index (χ2n) is 6.66. The Morgan fingerprint density at radius 3 is 2.14 bits per heavy atom. The second kappa shape index (κ2) is 6.04. The zero-order valence-corrected chi connectivity index (χ0v) is 15.6. The summed E-state index contributed by atoms with van der Waals surface area (Å²) in [7, 11) is 2.63. The second-order valence-corrected chi connectivity index (χ2v) is 6.66. The van der Waals surface area contributed by atoms with Crippen LogP contribution in [0.5, 0.6) is 5.75 Å². The van der Waals surface area contributed by atoms with E-state index in [1.54, 1.807) is 48.5 Å². The Kier molecular flexibility index (Phi) is 3.58. The van der Waals surface area contributed by atoms with Crippen molar-refractivity contribution in [1.82, 2.24) is 0 Å². The molecule has 0 unspecified atom stereocenters. The molecule has 1 aliphatic rings. The molecule has 1 aromatic heterocycles. The van der Waals surface area contributed by atoms with Gasteiger partial charge >= 0.3 is 5.97 Å². The third-order valence-corrected chi connectivity index (χ3v) is 5.24. The van der Waals surface area contributed by atoms with E-state index in [9.17, 15) is 14.4 Å². The maximum absolute atomic E-state index is 13.4. The van der Waals surface area contributed by atoms with Gasteiger partial charge in [0.25, 0.3) is 0 Å². The van der Waals surface area contributed by atoms with Gasteiger partial charge in [-0.3, -0.25) is 9.59 Å². The number of hydrogen-bond acceptors (Lipinski definition) is 6. The number of ether oxygens (including phenoxy) is 2. The first-order valence-corrected chi connectivity index (χ1v) is 8.90. The van der Waals surface area contributed by atoms with Crippen molar-refractivity contribution < 1.29 is 28.3 Å². The summed E-state index contributed by atoms with van der Waals surface area (Å²) in [5, 5.41) is 1.02. The third kappa shape index (κ3) is 2.14. The number of carbonyl (C=O) groups excluding carboxylic acids is 3. The zero-order valence-electron chi connectivity index (χ0n) is 15.6. The number of fused-ring (bicyclic) bond motifs is 5. The normalized spacial score (nSPS) is 12.8. The van der Waals surface area contributed by atoms with Crippen LogP contribution in [0.4, 0.5) is 0 Å². The summed E-state index contributed by atoms with van der Waals surface area (Å²) in [6.07, 6.45) is 0. The van der Waals surface area contributed by atoms with Gasteiger partial charge < -0.3 is 13.9 Å². The van der Waals surface area contributed by atoms with Crippen LogP contribution < -0.4 is 4.74 Å². The standard InChI is InChI=1S/C23H14O6/c1-27-21-18-16(19(24)11-7-3-4-8-12(11)20(18)25)17(23(26)28-2)15-13-9-5-6-10-14(13)29-22(15)21/h3-10H,1-2H3. The number of para-hydroxylation sites is 1. The van der Waals surface area contributed by atoms with Gasteiger partial charge in [-0.2, -0.15) is 0 Å². The Morgan fingerprint density at radius 1 is 0.862 bits per heavy atom. The smallest absolute Gasteiger partial charge is 0.339 e. The summed E-state index contributed by atoms with van der Waals surface area (Å²) in [4.78, 5) is 39.6. The van der Waals surface area contributed by atoms with E-state index in [1.165, 1.54) is 14.2 Å². The van der Waals surface area contributed by atoms with Gasteiger partial charge in [-0.25, -0.2) is 4.79 Å². The molecule has 1 aliphatic carbocycles. The van der Waals surface area contributed by atoms with Gasteiger partial charge in [0.15, 0.2) is 22.9 Å². The SMILES string of the molecule is COC(=O)c1c2c(c(OC)c3oc4ccccc4c13)C(=O)c1ccccc1C2=O. The molecule has 0 atom stereocenters. The van der Waals surface area contributed by atoms with Gasteiger partial charge in [-0.1, -0.05) is 42.5 Å². The van der Waals surface area contributed by atoms with E-state index >= 15 is 0 Å². The predicted octanol–water partition coefficient (Wildman–Crippen LogP) is 4.16. The maximum Gasteiger partial charge on any atom is 0.339 e. The van der Waals surface area contributed by atoms with Crippen LogP contribution in [0.2, 0.25) is 0 Å². The summed E-state index contributed by atoms with van der Waals surface area (Å²) < 4.78 is 16.5. The van der Waals surface area contributed by atoms with E-state index in [-0.39, 0.29) is 39.1 Å². The lowest BCUT2D eigenvalue weighted by Gasteiger charge is -2.22. The molecule has 0 aliphatic heterocycles. The minimum atomic E-state index is -0.721. The molecule has 142 valence electrons. The predicted molar refractivity (Wildman–Crippen MR) is 105 cm³/mol. The van der Waals surface area contributed by atoms with E-state index in [0.29, 0.717) is 16.4 Å². The summed E-state index contributed by atoms with van der Waals surface area (Å²) in [5.74, 6) is -1.42. The minimum Gasteiger partial charge on any atom is -0.492 e. The highest BCUT2D eigenvalue weighted by molar-refractivity contribution is 6.35. The summed E-state index contributed by atoms with van der Waals surface area (Å²) >= 11 is 0. The first-order valence-electron chi connectivity index (χ1n) is 8.90. The molecule has 0 N–H and O–H groups in total. The van der Waals surface area contributed by atoms with Gasteiger partial charge in [0.2, 0.25) is 0 Å². The Morgan fingerprint density at radius 2 is 1.48 bits per heavy atom. The molecule has 0 saturated carbocycles. The van der Waals surface area contributed by atoms with Crippen LogP contribution in [-0.4, -0.2) is 31.8 Å². The van der Waals surface area contributed by atoms with Crippen molar-refractivity contribution >= 4 is 39.5 Å². The number of benzene rings is 3. The molecule has 29 heavy (non-hydrogen) atoms. The van der Waals surface area contributed by atoms with Crippen LogP contribution in [0, 0.1) is 0 Å². The quantitative estimate of drug-likeness (QED) is 0.424. The van der Waals surface area contributed by atoms with Crippen molar-refractivity contribution in [1.29, 1.82) is 0 Å². The molecule has 0 radical (unpaired) electrons. The van der Waals surface area contributed by atoms with E-state index in [1.807, 2.05) is 0 Å². The fraction of sp³-hybridized carbons (Fsp3) is 0.0870. The van der Waals surface area contributed by atoms with Crippen molar-refractivity contribution in [2.75, 3.05) is 14.2 Å². The van der Waals surface area contributed by atoms with Crippen LogP contribution in [0.15, 0.2) is 52.9 Å². The van der Waals surface area contributed by atoms with Crippen LogP contribution in [0.3, 0.4) is 0 Å². The Labute approximate surface area is 164 Å². The molecular weight excluding hydrogens is 372 g/mol. The molecule has 0 spiro atoms. The van der Waals surface area contributed by atoms with Crippen LogP contribution >= 0.6 is 0 Å². The average molecular weight is 386 g/mol.